The molecule has 0 radical (unpaired) electrons. The van der Waals surface area contributed by atoms with Crippen LogP contribution < -0.4 is 15.2 Å². The zero-order valence-corrected chi connectivity index (χ0v) is 10.6. The predicted molar refractivity (Wildman–Crippen MR) is 68.6 cm³/mol. The van der Waals surface area contributed by atoms with E-state index in [0.717, 1.165) is 16.5 Å². The standard InChI is InChI=1S/C12H14N2O2S/c1-8-7-17-12(14-8)6-16-11-4-3-9(15-2)5-10(11)13/h3-5,7H,6,13H2,1-2H3. The van der Waals surface area contributed by atoms with Crippen molar-refractivity contribution in [3.8, 4) is 11.5 Å². The van der Waals surface area contributed by atoms with Crippen LogP contribution in [-0.2, 0) is 6.61 Å². The fraction of sp³-hybridized carbons (Fsp3) is 0.250. The van der Waals surface area contributed by atoms with E-state index in [9.17, 15) is 0 Å². The number of methoxy groups -OCH3 is 1. The Balaban J connectivity index is 2.04. The Bertz CT molecular complexity index is 511. The topological polar surface area (TPSA) is 57.4 Å². The minimum absolute atomic E-state index is 0.440. The SMILES string of the molecule is COc1ccc(OCc2nc(C)cs2)c(N)c1. The third kappa shape index (κ3) is 2.88. The fourth-order valence-corrected chi connectivity index (χ4v) is 2.08. The van der Waals surface area contributed by atoms with E-state index in [0.29, 0.717) is 18.0 Å². The number of aromatic nitrogens is 1. The lowest BCUT2D eigenvalue weighted by molar-refractivity contribution is 0.306. The molecule has 1 heterocycles. The van der Waals surface area contributed by atoms with Crippen molar-refractivity contribution in [3.05, 3.63) is 34.3 Å². The van der Waals surface area contributed by atoms with Crippen molar-refractivity contribution in [2.75, 3.05) is 12.8 Å². The van der Waals surface area contributed by atoms with Gasteiger partial charge in [-0.15, -0.1) is 11.3 Å². The maximum absolute atomic E-state index is 5.84. The molecule has 0 spiro atoms. The molecule has 0 fully saturated rings. The first-order valence-corrected chi connectivity index (χ1v) is 6.04. The molecule has 0 atom stereocenters. The first-order valence-electron chi connectivity index (χ1n) is 5.16. The van der Waals surface area contributed by atoms with Crippen LogP contribution in [0.2, 0.25) is 0 Å². The number of rotatable bonds is 4. The quantitative estimate of drug-likeness (QED) is 0.847. The average Bonchev–Trinajstić information content (AvgIpc) is 2.73. The van der Waals surface area contributed by atoms with Gasteiger partial charge in [0.15, 0.2) is 0 Å². The van der Waals surface area contributed by atoms with E-state index in [4.69, 9.17) is 15.2 Å². The highest BCUT2D eigenvalue weighted by Crippen LogP contribution is 2.27. The van der Waals surface area contributed by atoms with Gasteiger partial charge in [-0.25, -0.2) is 4.98 Å². The highest BCUT2D eigenvalue weighted by molar-refractivity contribution is 7.09. The van der Waals surface area contributed by atoms with Crippen LogP contribution in [-0.4, -0.2) is 12.1 Å². The summed E-state index contributed by atoms with van der Waals surface area (Å²) in [6.07, 6.45) is 0. The lowest BCUT2D eigenvalue weighted by Gasteiger charge is -2.08. The van der Waals surface area contributed by atoms with Crippen LogP contribution in [0, 0.1) is 6.92 Å². The molecule has 0 bridgehead atoms. The van der Waals surface area contributed by atoms with Crippen molar-refractivity contribution in [2.24, 2.45) is 0 Å². The molecule has 0 aliphatic carbocycles. The second-order valence-electron chi connectivity index (χ2n) is 3.58. The molecule has 0 saturated heterocycles. The highest BCUT2D eigenvalue weighted by Gasteiger charge is 2.04. The zero-order chi connectivity index (χ0) is 12.3. The van der Waals surface area contributed by atoms with Crippen molar-refractivity contribution < 1.29 is 9.47 Å². The molecule has 2 aromatic rings. The van der Waals surface area contributed by atoms with Gasteiger partial charge in [-0.2, -0.15) is 0 Å². The fourth-order valence-electron chi connectivity index (χ4n) is 1.39. The van der Waals surface area contributed by atoms with E-state index in [1.807, 2.05) is 18.4 Å². The molecule has 0 saturated carbocycles. The molecule has 0 amide bonds. The number of nitrogens with zero attached hydrogens (tertiary/aromatic N) is 1. The van der Waals surface area contributed by atoms with E-state index in [2.05, 4.69) is 4.98 Å². The Morgan fingerprint density at radius 3 is 2.82 bits per heavy atom. The van der Waals surface area contributed by atoms with Gasteiger partial charge in [-0.1, -0.05) is 0 Å². The van der Waals surface area contributed by atoms with Crippen LogP contribution in [0.1, 0.15) is 10.7 Å². The van der Waals surface area contributed by atoms with Crippen molar-refractivity contribution in [1.29, 1.82) is 0 Å². The summed E-state index contributed by atoms with van der Waals surface area (Å²) in [7, 11) is 1.60. The maximum Gasteiger partial charge on any atom is 0.143 e. The Kier molecular flexibility index (Phi) is 3.49. The molecular weight excluding hydrogens is 236 g/mol. The van der Waals surface area contributed by atoms with Crippen molar-refractivity contribution in [1.82, 2.24) is 4.98 Å². The molecule has 90 valence electrons. The van der Waals surface area contributed by atoms with Gasteiger partial charge in [0.25, 0.3) is 0 Å². The first kappa shape index (κ1) is 11.7. The summed E-state index contributed by atoms with van der Waals surface area (Å²) in [6.45, 7) is 2.40. The van der Waals surface area contributed by atoms with Gasteiger partial charge in [0, 0.05) is 17.1 Å². The summed E-state index contributed by atoms with van der Waals surface area (Å²) >= 11 is 1.58. The van der Waals surface area contributed by atoms with Gasteiger partial charge in [0.2, 0.25) is 0 Å². The van der Waals surface area contributed by atoms with Crippen LogP contribution in [0.25, 0.3) is 0 Å². The summed E-state index contributed by atoms with van der Waals surface area (Å²) in [5.41, 5.74) is 7.42. The van der Waals surface area contributed by atoms with Gasteiger partial charge < -0.3 is 15.2 Å². The van der Waals surface area contributed by atoms with E-state index in [-0.39, 0.29) is 0 Å². The van der Waals surface area contributed by atoms with Crippen molar-refractivity contribution >= 4 is 17.0 Å². The van der Waals surface area contributed by atoms with Gasteiger partial charge in [-0.05, 0) is 19.1 Å². The van der Waals surface area contributed by atoms with Crippen molar-refractivity contribution in [3.63, 3.8) is 0 Å². The number of nitrogens with two attached hydrogens (primary N) is 1. The molecule has 0 aliphatic rings. The van der Waals surface area contributed by atoms with Crippen LogP contribution in [0.4, 0.5) is 5.69 Å². The highest BCUT2D eigenvalue weighted by atomic mass is 32.1. The Hall–Kier alpha value is -1.75. The number of hydrogen-bond acceptors (Lipinski definition) is 5. The molecular formula is C12H14N2O2S. The Morgan fingerprint density at radius 1 is 1.41 bits per heavy atom. The van der Waals surface area contributed by atoms with Gasteiger partial charge in [0.1, 0.15) is 23.1 Å². The summed E-state index contributed by atoms with van der Waals surface area (Å²) < 4.78 is 10.7. The van der Waals surface area contributed by atoms with E-state index < -0.39 is 0 Å². The monoisotopic (exact) mass is 250 g/mol. The van der Waals surface area contributed by atoms with Gasteiger partial charge in [-0.3, -0.25) is 0 Å². The van der Waals surface area contributed by atoms with E-state index in [1.165, 1.54) is 0 Å². The normalized spacial score (nSPS) is 10.2. The summed E-state index contributed by atoms with van der Waals surface area (Å²) in [4.78, 5) is 4.32. The van der Waals surface area contributed by atoms with E-state index in [1.54, 1.807) is 30.6 Å². The molecule has 4 nitrogen and oxygen atoms in total. The molecule has 0 aliphatic heterocycles. The smallest absolute Gasteiger partial charge is 0.143 e. The number of benzene rings is 1. The first-order chi connectivity index (χ1) is 8.19. The van der Waals surface area contributed by atoms with Crippen LogP contribution in [0.15, 0.2) is 23.6 Å². The van der Waals surface area contributed by atoms with Gasteiger partial charge >= 0.3 is 0 Å². The number of ether oxygens (including phenoxy) is 2. The molecule has 0 unspecified atom stereocenters. The molecule has 5 heteroatoms. The largest absolute Gasteiger partial charge is 0.497 e. The molecule has 1 aromatic carbocycles. The minimum atomic E-state index is 0.440. The number of hydrogen-bond donors (Lipinski definition) is 1. The zero-order valence-electron chi connectivity index (χ0n) is 9.77. The summed E-state index contributed by atoms with van der Waals surface area (Å²) in [5, 5.41) is 2.94. The molecule has 17 heavy (non-hydrogen) atoms. The van der Waals surface area contributed by atoms with Crippen molar-refractivity contribution in [2.45, 2.75) is 13.5 Å². The second kappa shape index (κ2) is 5.05. The van der Waals surface area contributed by atoms with Crippen LogP contribution in [0.5, 0.6) is 11.5 Å². The Morgan fingerprint density at radius 2 is 2.24 bits per heavy atom. The Labute approximate surface area is 104 Å². The number of anilines is 1. The van der Waals surface area contributed by atoms with E-state index >= 15 is 0 Å². The molecule has 1 aromatic heterocycles. The minimum Gasteiger partial charge on any atom is -0.497 e. The van der Waals surface area contributed by atoms with Crippen LogP contribution >= 0.6 is 11.3 Å². The lowest BCUT2D eigenvalue weighted by atomic mass is 10.3. The number of thiazole rings is 1. The number of aryl methyl sites for hydroxylation is 1. The second-order valence-corrected chi connectivity index (χ2v) is 4.52. The summed E-state index contributed by atoms with van der Waals surface area (Å²) in [5.74, 6) is 1.37. The lowest BCUT2D eigenvalue weighted by Crippen LogP contribution is -1.99. The average molecular weight is 250 g/mol. The molecule has 2 rings (SSSR count). The summed E-state index contributed by atoms with van der Waals surface area (Å²) in [6, 6.07) is 5.36. The van der Waals surface area contributed by atoms with Gasteiger partial charge in [0.05, 0.1) is 12.8 Å². The third-order valence-corrected chi connectivity index (χ3v) is 3.17. The third-order valence-electron chi connectivity index (χ3n) is 2.23. The number of nitrogen functional groups attached to an aromatic ring is 1. The maximum atomic E-state index is 5.84. The van der Waals surface area contributed by atoms with Crippen LogP contribution in [0.3, 0.4) is 0 Å². The molecule has 2 N–H and O–H groups in total. The predicted octanol–water partition coefficient (Wildman–Crippen LogP) is 2.62.